The third kappa shape index (κ3) is 33.8. The number of nitrogens with zero attached hydrogens (tertiary/aromatic N) is 4. The summed E-state index contributed by atoms with van der Waals surface area (Å²) in [5, 5.41) is 93.6. The van der Waals surface area contributed by atoms with Crippen LogP contribution in [0.15, 0.2) is 24.3 Å². The van der Waals surface area contributed by atoms with Gasteiger partial charge in [0.2, 0.25) is 23.6 Å². The summed E-state index contributed by atoms with van der Waals surface area (Å²) in [5.41, 5.74) is 0.0724. The third-order valence-corrected chi connectivity index (χ3v) is 22.1. The number of aliphatic carboxylic acids is 8. The van der Waals surface area contributed by atoms with Crippen LogP contribution >= 0.6 is 0 Å². The van der Waals surface area contributed by atoms with Crippen molar-refractivity contribution in [2.45, 2.75) is 191 Å². The van der Waals surface area contributed by atoms with E-state index in [-0.39, 0.29) is 147 Å². The number of amides is 7. The van der Waals surface area contributed by atoms with Gasteiger partial charge in [0.05, 0.1) is 19.6 Å². The lowest BCUT2D eigenvalue weighted by Crippen LogP contribution is -2.58. The number of rotatable bonds is 44. The zero-order valence-corrected chi connectivity index (χ0v) is 58.6. The molecule has 0 spiro atoms. The first-order valence-corrected chi connectivity index (χ1v) is 35.2. The Morgan fingerprint density at radius 3 is 1.21 bits per heavy atom. The Hall–Kier alpha value is -8.41. The summed E-state index contributed by atoms with van der Waals surface area (Å²) in [5.74, 6) is -13.5. The van der Waals surface area contributed by atoms with Gasteiger partial charge < -0.3 is 82.2 Å². The molecule has 1 aliphatic rings. The minimum absolute atomic E-state index is 0.0218. The van der Waals surface area contributed by atoms with Crippen LogP contribution in [0.5, 0.6) is 0 Å². The highest BCUT2D eigenvalue weighted by Crippen LogP contribution is 2.51. The fraction of sp³-hybridized carbons (Fsp3) is 0.688. The molecule has 0 aromatic heterocycles. The Morgan fingerprint density at radius 1 is 0.424 bits per heavy atom. The second kappa shape index (κ2) is 43.9. The van der Waals surface area contributed by atoms with Crippen LogP contribution in [0.2, 0.25) is 10.1 Å². The molecule has 1 heterocycles. The van der Waals surface area contributed by atoms with E-state index in [1.807, 2.05) is 41.5 Å². The number of halogens is 1. The molecule has 2 rings (SSSR count). The van der Waals surface area contributed by atoms with Crippen molar-refractivity contribution in [3.05, 3.63) is 29.8 Å². The molecule has 0 bridgehead atoms. The summed E-state index contributed by atoms with van der Waals surface area (Å²) >= 11 is 0. The molecular weight excluding hydrogens is 1320 g/mol. The summed E-state index contributed by atoms with van der Waals surface area (Å²) in [6.07, 6.45) is 2.12. The van der Waals surface area contributed by atoms with Crippen molar-refractivity contribution in [1.82, 2.24) is 56.8 Å². The molecule has 1 aromatic carbocycles. The van der Waals surface area contributed by atoms with Crippen molar-refractivity contribution in [2.24, 2.45) is 0 Å². The predicted molar refractivity (Wildman–Crippen MR) is 358 cm³/mol. The Morgan fingerprint density at radius 2 is 0.828 bits per heavy atom. The van der Waals surface area contributed by atoms with Gasteiger partial charge in [-0.15, -0.1) is 0 Å². The smallest absolute Gasteiger partial charge is 0.326 e. The van der Waals surface area contributed by atoms with Gasteiger partial charge in [-0.3, -0.25) is 67.5 Å². The average Bonchev–Trinajstić information content (AvgIpc) is 0.749. The van der Waals surface area contributed by atoms with Gasteiger partial charge in [0.15, 0.2) is 0 Å². The molecule has 7 amide bonds. The van der Waals surface area contributed by atoms with E-state index in [4.69, 9.17) is 5.11 Å². The minimum atomic E-state index is -3.74. The summed E-state index contributed by atoms with van der Waals surface area (Å²) in [7, 11) is -3.74. The predicted octanol–water partition coefficient (Wildman–Crippen LogP) is 1.28. The van der Waals surface area contributed by atoms with Gasteiger partial charge in [-0.2, -0.15) is 0 Å². The Bertz CT molecular complexity index is 2830. The van der Waals surface area contributed by atoms with E-state index in [1.165, 1.54) is 43.9 Å². The number of hydrogen-bond donors (Lipinski definition) is 15. The third-order valence-electron chi connectivity index (χ3n) is 16.8. The number of carboxylic acids is 8. The fourth-order valence-electron chi connectivity index (χ4n) is 11.6. The first kappa shape index (κ1) is 86.7. The summed E-state index contributed by atoms with van der Waals surface area (Å²) in [6.45, 7) is 9.36. The van der Waals surface area contributed by atoms with E-state index in [1.54, 1.807) is 0 Å². The standard InChI is InChI=1S/C64H104FN11O22Si/c1-63(2,3)99(65,64(4,5)6)43-24-22-42(23-25-43)56(88)68-38-47(69-51(79)27-26-48(61(96)97)76-36-34-74(40-54(84)85)32-30-73(39-53(82)83)31-33-75(35-37-76)41-55(86)87)57(89)70-44(58(90)91)16-11-13-28-66-49(77)19-9-7-8-10-20-50(78)67-29-14-12-17-45(59(92)93)71-62(98)72-46(60(94)95)18-15-21-52(80)81/h22-25,44-48H,7-21,26-41H2,1-6H3,(H,66,77)(H,67,78)(H,68,88)(H,69,79)(H,70,89)(H,80,81)(H,82,83)(H,84,85)(H,86,87)(H,90,91)(H,92,93)(H,94,95)(H,96,97)(H2,71,72,98)/t44-,45-,46-,47+,48-/m0/s1. The number of carboxylic acid groups (broad SMARTS) is 8. The summed E-state index contributed by atoms with van der Waals surface area (Å²) in [4.78, 5) is 180. The van der Waals surface area contributed by atoms with E-state index in [2.05, 4.69) is 37.2 Å². The summed E-state index contributed by atoms with van der Waals surface area (Å²) < 4.78 is 17.1. The quantitative estimate of drug-likeness (QED) is 0.0248. The lowest BCUT2D eigenvalue weighted by Gasteiger charge is -2.44. The van der Waals surface area contributed by atoms with Crippen LogP contribution in [0.3, 0.4) is 0 Å². The molecular formula is C64H104FN11O22Si. The highest BCUT2D eigenvalue weighted by Gasteiger charge is 2.56. The topological polar surface area (TPSA) is 498 Å². The number of carbonyl (C=O) groups excluding carboxylic acids is 6. The Kier molecular flexibility index (Phi) is 38.4. The molecule has 1 aliphatic heterocycles. The zero-order chi connectivity index (χ0) is 74.6. The van der Waals surface area contributed by atoms with Gasteiger partial charge in [0.25, 0.3) is 14.3 Å². The van der Waals surface area contributed by atoms with Crippen LogP contribution in [0.1, 0.15) is 161 Å². The Labute approximate surface area is 576 Å². The van der Waals surface area contributed by atoms with Crippen LogP contribution in [-0.2, 0) is 57.5 Å². The van der Waals surface area contributed by atoms with Crippen LogP contribution in [0.25, 0.3) is 0 Å². The van der Waals surface area contributed by atoms with E-state index in [0.29, 0.717) is 37.3 Å². The van der Waals surface area contributed by atoms with Crippen molar-refractivity contribution in [2.75, 3.05) is 91.6 Å². The fourth-order valence-corrected chi connectivity index (χ4v) is 16.2. The second-order valence-electron chi connectivity index (χ2n) is 26.7. The minimum Gasteiger partial charge on any atom is -0.481 e. The number of urea groups is 1. The van der Waals surface area contributed by atoms with Gasteiger partial charge in [-0.05, 0) is 98.0 Å². The molecule has 0 radical (unpaired) electrons. The molecule has 33 nitrogen and oxygen atoms in total. The SMILES string of the molecule is CC(C)(C)[Si](F)(c1ccc(C(=O)NC[C@@H](NC(=O)CC[C@@H](C(=O)O)N2CCN(CC(=O)O)CCN(CC(=O)O)CCN(CC(=O)O)CC2)C(=O)N[C@@H](CCCCNC(=O)CCCCCCC(=O)NCCCC[C@H](NC(=O)N[C@@H](CCCC(=O)O)C(=O)O)C(=O)O)C(=O)O)cc1)C(C)(C)C. The normalized spacial score (nSPS) is 15.5. The highest BCUT2D eigenvalue weighted by molar-refractivity contribution is 6.90. The zero-order valence-electron chi connectivity index (χ0n) is 57.6. The summed E-state index contributed by atoms with van der Waals surface area (Å²) in [6, 6.07) is -2.49. The molecule has 1 aromatic rings. The molecule has 99 heavy (non-hydrogen) atoms. The number of unbranched alkanes of at least 4 members (excludes halogenated alkanes) is 5. The molecule has 0 aliphatic carbocycles. The lowest BCUT2D eigenvalue weighted by atomic mass is 10.1. The number of carbonyl (C=O) groups is 14. The van der Waals surface area contributed by atoms with Crippen LogP contribution in [0, 0.1) is 0 Å². The van der Waals surface area contributed by atoms with Crippen LogP contribution in [0.4, 0.5) is 8.90 Å². The lowest BCUT2D eigenvalue weighted by molar-refractivity contribution is -0.145. The largest absolute Gasteiger partial charge is 0.481 e. The van der Waals surface area contributed by atoms with Gasteiger partial charge in [-0.1, -0.05) is 66.5 Å². The van der Waals surface area contributed by atoms with Crippen LogP contribution < -0.4 is 42.4 Å². The average molecular weight is 1430 g/mol. The number of hydrogen-bond acceptors (Lipinski definition) is 18. The Balaban J connectivity index is 2.08. The number of benzene rings is 1. The van der Waals surface area contributed by atoms with Gasteiger partial charge >= 0.3 is 53.8 Å². The maximum atomic E-state index is 17.1. The van der Waals surface area contributed by atoms with Crippen LogP contribution in [-0.4, -0.2) is 274 Å². The van der Waals surface area contributed by atoms with Gasteiger partial charge in [0.1, 0.15) is 30.2 Å². The monoisotopic (exact) mass is 1430 g/mol. The molecule has 5 atom stereocenters. The van der Waals surface area contributed by atoms with Crippen molar-refractivity contribution in [3.63, 3.8) is 0 Å². The van der Waals surface area contributed by atoms with E-state index >= 15 is 4.11 Å². The van der Waals surface area contributed by atoms with Crippen molar-refractivity contribution in [3.8, 4) is 0 Å². The molecule has 1 saturated heterocycles. The molecule has 1 fully saturated rings. The van der Waals surface area contributed by atoms with Crippen molar-refractivity contribution < 1.29 is 112 Å². The van der Waals surface area contributed by atoms with E-state index < -0.39 is 159 Å². The molecule has 0 unspecified atom stereocenters. The first-order chi connectivity index (χ1) is 46.3. The first-order valence-electron chi connectivity index (χ1n) is 33.3. The van der Waals surface area contributed by atoms with Gasteiger partial charge in [-0.25, -0.2) is 19.2 Å². The molecule has 558 valence electrons. The van der Waals surface area contributed by atoms with E-state index in [0.717, 1.165) is 0 Å². The van der Waals surface area contributed by atoms with Gasteiger partial charge in [0, 0.05) is 103 Å². The molecule has 0 saturated carbocycles. The molecule has 35 heteroatoms. The highest BCUT2D eigenvalue weighted by atomic mass is 28.4. The maximum absolute atomic E-state index is 17.1. The van der Waals surface area contributed by atoms with Crippen molar-refractivity contribution in [1.29, 1.82) is 0 Å². The second-order valence-corrected chi connectivity index (χ2v) is 31.6. The van der Waals surface area contributed by atoms with E-state index in [9.17, 15) is 103 Å². The van der Waals surface area contributed by atoms with Crippen molar-refractivity contribution >= 4 is 96.9 Å². The number of nitrogens with one attached hydrogen (secondary N) is 7. The molecule has 15 N–H and O–H groups in total. The maximum Gasteiger partial charge on any atom is 0.326 e.